The van der Waals surface area contributed by atoms with Crippen LogP contribution in [0.5, 0.6) is 0 Å². The molecule has 108 valence electrons. The average Bonchev–Trinajstić information content (AvgIpc) is 2.81. The van der Waals surface area contributed by atoms with Gasteiger partial charge in [-0.3, -0.25) is 0 Å². The van der Waals surface area contributed by atoms with E-state index in [-0.39, 0.29) is 0 Å². The van der Waals surface area contributed by atoms with Crippen LogP contribution in [0.2, 0.25) is 9.36 Å². The third-order valence-corrected chi connectivity index (χ3v) is 4.54. The summed E-state index contributed by atoms with van der Waals surface area (Å²) in [6.45, 7) is 4.71. The third kappa shape index (κ3) is 4.13. The summed E-state index contributed by atoms with van der Waals surface area (Å²) >= 11 is 13.9. The minimum atomic E-state index is 0.783. The van der Waals surface area contributed by atoms with Crippen LogP contribution >= 0.6 is 34.5 Å². The number of nitrogens with zero attached hydrogens (tertiary/aromatic N) is 1. The van der Waals surface area contributed by atoms with Crippen molar-refractivity contribution in [1.82, 2.24) is 5.32 Å². The fourth-order valence-corrected chi connectivity index (χ4v) is 3.48. The van der Waals surface area contributed by atoms with Crippen LogP contribution in [0, 0.1) is 0 Å². The maximum absolute atomic E-state index is 6.38. The van der Waals surface area contributed by atoms with Crippen LogP contribution in [0.15, 0.2) is 30.3 Å². The zero-order valence-corrected chi connectivity index (χ0v) is 13.9. The number of rotatable bonds is 6. The summed E-state index contributed by atoms with van der Waals surface area (Å²) in [5.74, 6) is 0. The summed E-state index contributed by atoms with van der Waals surface area (Å²) in [6, 6.07) is 10.2. The molecule has 0 fully saturated rings. The van der Waals surface area contributed by atoms with E-state index in [0.717, 1.165) is 34.7 Å². The fourth-order valence-electron chi connectivity index (χ4n) is 1.99. The van der Waals surface area contributed by atoms with Gasteiger partial charge in [0.1, 0.15) is 0 Å². The lowest BCUT2D eigenvalue weighted by Gasteiger charge is -2.20. The number of benzene rings is 1. The first kappa shape index (κ1) is 15.6. The summed E-state index contributed by atoms with van der Waals surface area (Å²) in [5.41, 5.74) is 2.24. The van der Waals surface area contributed by atoms with Crippen molar-refractivity contribution in [3.63, 3.8) is 0 Å². The second kappa shape index (κ2) is 7.32. The van der Waals surface area contributed by atoms with Gasteiger partial charge >= 0.3 is 0 Å². The van der Waals surface area contributed by atoms with E-state index in [2.05, 4.69) is 35.3 Å². The molecule has 5 heteroatoms. The number of halogens is 2. The molecule has 0 aliphatic carbocycles. The minimum Gasteiger partial charge on any atom is -0.368 e. The van der Waals surface area contributed by atoms with Gasteiger partial charge in [-0.1, -0.05) is 36.2 Å². The zero-order valence-electron chi connectivity index (χ0n) is 11.6. The number of hydrogen-bond acceptors (Lipinski definition) is 3. The van der Waals surface area contributed by atoms with Gasteiger partial charge in [-0.2, -0.15) is 0 Å². The monoisotopic (exact) mass is 328 g/mol. The molecule has 0 aliphatic heterocycles. The molecule has 0 amide bonds. The van der Waals surface area contributed by atoms with Crippen molar-refractivity contribution in [2.75, 3.05) is 18.5 Å². The SMILES string of the molecule is CCNCc1ccc(N(C)Cc2ccc(Cl)s2)c(Cl)c1. The quantitative estimate of drug-likeness (QED) is 0.819. The Morgan fingerprint density at radius 3 is 2.60 bits per heavy atom. The Balaban J connectivity index is 2.07. The molecule has 0 atom stereocenters. The molecule has 0 saturated heterocycles. The Kier molecular flexibility index (Phi) is 5.73. The van der Waals surface area contributed by atoms with E-state index >= 15 is 0 Å². The van der Waals surface area contributed by atoms with E-state index in [1.807, 2.05) is 19.2 Å². The van der Waals surface area contributed by atoms with Crippen LogP contribution in [-0.2, 0) is 13.1 Å². The van der Waals surface area contributed by atoms with Crippen LogP contribution < -0.4 is 10.2 Å². The largest absolute Gasteiger partial charge is 0.368 e. The first-order valence-corrected chi connectivity index (χ1v) is 8.12. The highest BCUT2D eigenvalue weighted by atomic mass is 35.5. The molecule has 1 heterocycles. The molecule has 0 spiro atoms. The van der Waals surface area contributed by atoms with Gasteiger partial charge in [0.2, 0.25) is 0 Å². The molecule has 1 aromatic carbocycles. The van der Waals surface area contributed by atoms with Crippen molar-refractivity contribution in [3.8, 4) is 0 Å². The van der Waals surface area contributed by atoms with Gasteiger partial charge in [0.25, 0.3) is 0 Å². The molecule has 0 saturated carbocycles. The normalized spacial score (nSPS) is 10.8. The Hall–Kier alpha value is -0.740. The lowest BCUT2D eigenvalue weighted by atomic mass is 10.2. The van der Waals surface area contributed by atoms with Gasteiger partial charge in [0.15, 0.2) is 0 Å². The Labute approximate surface area is 134 Å². The second-order valence-corrected chi connectivity index (χ2v) is 6.83. The van der Waals surface area contributed by atoms with Crippen molar-refractivity contribution in [1.29, 1.82) is 0 Å². The van der Waals surface area contributed by atoms with Gasteiger partial charge in [-0.05, 0) is 36.4 Å². The molecule has 1 aromatic heterocycles. The lowest BCUT2D eigenvalue weighted by molar-refractivity contribution is 0.727. The maximum Gasteiger partial charge on any atom is 0.0931 e. The molecule has 20 heavy (non-hydrogen) atoms. The van der Waals surface area contributed by atoms with Gasteiger partial charge in [0, 0.05) is 18.5 Å². The van der Waals surface area contributed by atoms with Crippen LogP contribution in [0.3, 0.4) is 0 Å². The predicted molar refractivity (Wildman–Crippen MR) is 90.3 cm³/mol. The molecule has 0 aliphatic rings. The van der Waals surface area contributed by atoms with E-state index in [9.17, 15) is 0 Å². The Morgan fingerprint density at radius 1 is 1.20 bits per heavy atom. The summed E-state index contributed by atoms with van der Waals surface area (Å²) in [4.78, 5) is 3.37. The summed E-state index contributed by atoms with van der Waals surface area (Å²) < 4.78 is 0.820. The smallest absolute Gasteiger partial charge is 0.0931 e. The van der Waals surface area contributed by atoms with Gasteiger partial charge < -0.3 is 10.2 Å². The van der Waals surface area contributed by atoms with Crippen molar-refractivity contribution in [2.24, 2.45) is 0 Å². The average molecular weight is 329 g/mol. The lowest BCUT2D eigenvalue weighted by Crippen LogP contribution is -2.16. The van der Waals surface area contributed by atoms with E-state index in [1.54, 1.807) is 11.3 Å². The van der Waals surface area contributed by atoms with E-state index in [0.29, 0.717) is 0 Å². The summed E-state index contributed by atoms with van der Waals surface area (Å²) in [7, 11) is 2.04. The van der Waals surface area contributed by atoms with Gasteiger partial charge in [-0.25, -0.2) is 0 Å². The molecule has 0 radical (unpaired) electrons. The molecule has 0 unspecified atom stereocenters. The van der Waals surface area contributed by atoms with Crippen LogP contribution in [0.4, 0.5) is 5.69 Å². The molecule has 2 aromatic rings. The van der Waals surface area contributed by atoms with E-state index in [4.69, 9.17) is 23.2 Å². The molecule has 0 bridgehead atoms. The summed E-state index contributed by atoms with van der Waals surface area (Å²) in [6.07, 6.45) is 0. The zero-order chi connectivity index (χ0) is 14.5. The Bertz CT molecular complexity index is 569. The standard InChI is InChI=1S/C15H18Cl2N2S/c1-3-18-9-11-4-6-14(13(16)8-11)19(2)10-12-5-7-15(17)20-12/h4-8,18H,3,9-10H2,1-2H3. The first-order chi connectivity index (χ1) is 9.60. The minimum absolute atomic E-state index is 0.783. The van der Waals surface area contributed by atoms with Crippen LogP contribution in [-0.4, -0.2) is 13.6 Å². The number of anilines is 1. The first-order valence-electron chi connectivity index (χ1n) is 6.54. The fraction of sp³-hybridized carbons (Fsp3) is 0.333. The molecular weight excluding hydrogens is 311 g/mol. The second-order valence-electron chi connectivity index (χ2n) is 4.63. The highest BCUT2D eigenvalue weighted by molar-refractivity contribution is 7.16. The maximum atomic E-state index is 6.38. The number of nitrogens with one attached hydrogen (secondary N) is 1. The van der Waals surface area contributed by atoms with Crippen LogP contribution in [0.25, 0.3) is 0 Å². The number of hydrogen-bond donors (Lipinski definition) is 1. The topological polar surface area (TPSA) is 15.3 Å². The molecule has 2 rings (SSSR count). The van der Waals surface area contributed by atoms with Gasteiger partial charge in [0.05, 0.1) is 21.6 Å². The van der Waals surface area contributed by atoms with Crippen LogP contribution in [0.1, 0.15) is 17.4 Å². The third-order valence-electron chi connectivity index (χ3n) is 3.02. The molecule has 2 nitrogen and oxygen atoms in total. The van der Waals surface area contributed by atoms with E-state index < -0.39 is 0 Å². The Morgan fingerprint density at radius 2 is 2.00 bits per heavy atom. The van der Waals surface area contributed by atoms with Crippen molar-refractivity contribution in [2.45, 2.75) is 20.0 Å². The highest BCUT2D eigenvalue weighted by Crippen LogP contribution is 2.29. The van der Waals surface area contributed by atoms with Crippen molar-refractivity contribution < 1.29 is 0 Å². The van der Waals surface area contributed by atoms with Gasteiger partial charge in [-0.15, -0.1) is 11.3 Å². The summed E-state index contributed by atoms with van der Waals surface area (Å²) in [5, 5.41) is 4.08. The predicted octanol–water partition coefficient (Wildman–Crippen LogP) is 4.80. The number of thiophene rings is 1. The molecular formula is C15H18Cl2N2S. The van der Waals surface area contributed by atoms with E-state index in [1.165, 1.54) is 10.4 Å². The highest BCUT2D eigenvalue weighted by Gasteiger charge is 2.09. The van der Waals surface area contributed by atoms with Crippen molar-refractivity contribution in [3.05, 3.63) is 50.1 Å². The molecule has 1 N–H and O–H groups in total. The van der Waals surface area contributed by atoms with Crippen molar-refractivity contribution >= 4 is 40.2 Å².